The maximum Gasteiger partial charge on any atom is 0.313 e. The van der Waals surface area contributed by atoms with E-state index in [-0.39, 0.29) is 36.9 Å². The van der Waals surface area contributed by atoms with E-state index in [1.165, 1.54) is 4.90 Å². The van der Waals surface area contributed by atoms with Crippen molar-refractivity contribution in [2.45, 2.75) is 94.7 Å². The van der Waals surface area contributed by atoms with Crippen molar-refractivity contribution in [1.82, 2.24) is 15.1 Å². The Kier molecular flexibility index (Phi) is 7.64. The van der Waals surface area contributed by atoms with Gasteiger partial charge in [-0.25, -0.2) is 0 Å². The molecule has 38 heavy (non-hydrogen) atoms. The molecule has 10 heteroatoms. The molecular weight excluding hydrogens is 490 g/mol. The fourth-order valence-electron chi connectivity index (χ4n) is 6.87. The first kappa shape index (κ1) is 26.9. The molecule has 7 atom stereocenters. The molecule has 2 N–H and O–H groups in total. The smallest absolute Gasteiger partial charge is 0.313 e. The molecule has 5 aliphatic rings. The van der Waals surface area contributed by atoms with Crippen LogP contribution in [0.3, 0.4) is 0 Å². The van der Waals surface area contributed by atoms with Gasteiger partial charge in [0.1, 0.15) is 23.7 Å². The first-order valence-corrected chi connectivity index (χ1v) is 14.0. The van der Waals surface area contributed by atoms with Crippen molar-refractivity contribution in [1.29, 1.82) is 0 Å². The number of carbonyl (C=O) groups excluding carboxylic acids is 4. The van der Waals surface area contributed by atoms with E-state index < -0.39 is 47.7 Å². The molecule has 1 aliphatic carbocycles. The molecule has 10 nitrogen and oxygen atoms in total. The van der Waals surface area contributed by atoms with Gasteiger partial charge in [0.25, 0.3) is 0 Å². The summed E-state index contributed by atoms with van der Waals surface area (Å²) in [6, 6.07) is -1.60. The summed E-state index contributed by atoms with van der Waals surface area (Å²) in [6.45, 7) is 3.60. The number of hydrogen-bond acceptors (Lipinski definition) is 7. The number of aliphatic hydroxyl groups excluding tert-OH is 1. The molecule has 2 saturated heterocycles. The predicted octanol–water partition coefficient (Wildman–Crippen LogP) is 1.08. The fraction of sp³-hybridized carbons (Fsp3) is 0.714. The third-order valence-electron chi connectivity index (χ3n) is 8.77. The van der Waals surface area contributed by atoms with E-state index in [0.717, 1.165) is 32.1 Å². The minimum absolute atomic E-state index is 0.0207. The Labute approximate surface area is 223 Å². The van der Waals surface area contributed by atoms with Crippen LogP contribution in [-0.4, -0.2) is 94.2 Å². The van der Waals surface area contributed by atoms with Crippen LogP contribution in [0.25, 0.3) is 0 Å². The van der Waals surface area contributed by atoms with Gasteiger partial charge in [0.05, 0.1) is 31.2 Å². The summed E-state index contributed by atoms with van der Waals surface area (Å²) >= 11 is 0. The number of esters is 1. The monoisotopic (exact) mass is 529 g/mol. The van der Waals surface area contributed by atoms with Gasteiger partial charge in [0, 0.05) is 19.0 Å². The first-order valence-electron chi connectivity index (χ1n) is 14.0. The van der Waals surface area contributed by atoms with Crippen LogP contribution in [-0.2, 0) is 28.7 Å². The number of nitrogens with one attached hydrogen (secondary N) is 1. The average molecular weight is 530 g/mol. The van der Waals surface area contributed by atoms with Crippen molar-refractivity contribution in [2.75, 3.05) is 19.7 Å². The average Bonchev–Trinajstić information content (AvgIpc) is 3.56. The summed E-state index contributed by atoms with van der Waals surface area (Å²) in [4.78, 5) is 57.5. The number of carbonyl (C=O) groups is 4. The predicted molar refractivity (Wildman–Crippen MR) is 136 cm³/mol. The number of nitrogens with zero attached hydrogens (tertiary/aromatic N) is 2. The highest BCUT2D eigenvalue weighted by atomic mass is 16.6. The Bertz CT molecular complexity index is 1020. The van der Waals surface area contributed by atoms with Crippen molar-refractivity contribution < 1.29 is 33.8 Å². The molecule has 0 aromatic rings. The number of amides is 3. The molecule has 3 fully saturated rings. The van der Waals surface area contributed by atoms with Crippen LogP contribution in [0, 0.1) is 11.8 Å². The van der Waals surface area contributed by atoms with Gasteiger partial charge in [0.2, 0.25) is 17.7 Å². The molecular formula is C28H39N3O7. The molecule has 0 aromatic carbocycles. The van der Waals surface area contributed by atoms with Gasteiger partial charge in [-0.2, -0.15) is 0 Å². The van der Waals surface area contributed by atoms with Crippen LogP contribution >= 0.6 is 0 Å². The molecule has 0 unspecified atom stereocenters. The highest BCUT2D eigenvalue weighted by Crippen LogP contribution is 2.56. The summed E-state index contributed by atoms with van der Waals surface area (Å²) < 4.78 is 12.1. The third kappa shape index (κ3) is 4.55. The van der Waals surface area contributed by atoms with Gasteiger partial charge < -0.3 is 29.7 Å². The molecule has 3 amide bonds. The van der Waals surface area contributed by atoms with Crippen LogP contribution < -0.4 is 5.32 Å². The van der Waals surface area contributed by atoms with Gasteiger partial charge in [0.15, 0.2) is 0 Å². The third-order valence-corrected chi connectivity index (χ3v) is 8.77. The largest absolute Gasteiger partial charge is 0.460 e. The van der Waals surface area contributed by atoms with Gasteiger partial charge in [-0.15, -0.1) is 0 Å². The zero-order valence-corrected chi connectivity index (χ0v) is 22.2. The number of hydrogen-bond donors (Lipinski definition) is 2. The van der Waals surface area contributed by atoms with Crippen molar-refractivity contribution in [3.63, 3.8) is 0 Å². The number of cyclic esters (lactones) is 1. The molecule has 0 aromatic heterocycles. The van der Waals surface area contributed by atoms with Crippen molar-refractivity contribution in [3.8, 4) is 0 Å². The van der Waals surface area contributed by atoms with E-state index in [2.05, 4.69) is 5.32 Å². The molecule has 4 aliphatic heterocycles. The lowest BCUT2D eigenvalue weighted by molar-refractivity contribution is -0.159. The minimum Gasteiger partial charge on any atom is -0.460 e. The molecule has 5 rings (SSSR count). The first-order chi connectivity index (χ1) is 18.3. The summed E-state index contributed by atoms with van der Waals surface area (Å²) in [7, 11) is 0. The van der Waals surface area contributed by atoms with E-state index >= 15 is 0 Å². The van der Waals surface area contributed by atoms with Crippen molar-refractivity contribution in [2.24, 2.45) is 11.8 Å². The molecule has 4 heterocycles. The fourth-order valence-corrected chi connectivity index (χ4v) is 6.87. The van der Waals surface area contributed by atoms with Gasteiger partial charge >= 0.3 is 5.97 Å². The Hall–Kier alpha value is -2.72. The van der Waals surface area contributed by atoms with E-state index in [1.807, 2.05) is 17.1 Å². The lowest BCUT2D eigenvalue weighted by Crippen LogP contribution is -2.59. The van der Waals surface area contributed by atoms with Crippen LogP contribution in [0.2, 0.25) is 0 Å². The molecule has 1 saturated carbocycles. The minimum atomic E-state index is -1.30. The second-order valence-electron chi connectivity index (χ2n) is 11.3. The summed E-state index contributed by atoms with van der Waals surface area (Å²) in [5.41, 5.74) is -1.30. The summed E-state index contributed by atoms with van der Waals surface area (Å²) in [5.74, 6) is -3.16. The lowest BCUT2D eigenvalue weighted by Gasteiger charge is -2.41. The Morgan fingerprint density at radius 1 is 1.13 bits per heavy atom. The Balaban J connectivity index is 1.56. The lowest BCUT2D eigenvalue weighted by atomic mass is 9.74. The molecule has 1 spiro atoms. The summed E-state index contributed by atoms with van der Waals surface area (Å²) in [6.07, 6.45) is 11.8. The Morgan fingerprint density at radius 2 is 1.89 bits per heavy atom. The van der Waals surface area contributed by atoms with E-state index in [4.69, 9.17) is 9.47 Å². The highest BCUT2D eigenvalue weighted by Gasteiger charge is 2.74. The number of aliphatic hydroxyl groups is 1. The maximum absolute atomic E-state index is 14.5. The van der Waals surface area contributed by atoms with Crippen molar-refractivity contribution in [3.05, 3.63) is 24.3 Å². The quantitative estimate of drug-likeness (QED) is 0.414. The standard InChI is InChI=1S/C28H39N3O7/c1-17(16-32)31-24-26(35)30(19-9-5-3-6-10-19)14-8-4-7-11-21(33)29-15-18(2)37-27(36)22-20-12-13-28(24,38-20)23(22)25(31)34/h4,8,12-13,17-20,22-24,32H,3,5-7,9-11,14-16H2,1-2H3,(H,29,33)/b8-4-/t17-,18+,20-,22+,23+,24-,28+/m1/s1. The van der Waals surface area contributed by atoms with Crippen LogP contribution in [0.4, 0.5) is 0 Å². The Morgan fingerprint density at radius 3 is 2.63 bits per heavy atom. The van der Waals surface area contributed by atoms with Crippen LogP contribution in [0.15, 0.2) is 24.3 Å². The summed E-state index contributed by atoms with van der Waals surface area (Å²) in [5, 5.41) is 12.9. The normalized spacial score (nSPS) is 38.2. The van der Waals surface area contributed by atoms with Crippen molar-refractivity contribution >= 4 is 23.7 Å². The zero-order chi connectivity index (χ0) is 27.0. The number of ether oxygens (including phenoxy) is 2. The second-order valence-corrected chi connectivity index (χ2v) is 11.3. The van der Waals surface area contributed by atoms with Gasteiger partial charge in [-0.1, -0.05) is 43.6 Å². The van der Waals surface area contributed by atoms with E-state index in [1.54, 1.807) is 26.0 Å². The van der Waals surface area contributed by atoms with Gasteiger partial charge in [-0.3, -0.25) is 19.2 Å². The maximum atomic E-state index is 14.5. The molecule has 5 bridgehead atoms. The van der Waals surface area contributed by atoms with Crippen LogP contribution in [0.1, 0.15) is 58.8 Å². The van der Waals surface area contributed by atoms with E-state index in [9.17, 15) is 24.3 Å². The topological polar surface area (TPSA) is 125 Å². The number of likely N-dealkylation sites (tertiary alicyclic amines) is 1. The molecule has 0 radical (unpaired) electrons. The zero-order valence-electron chi connectivity index (χ0n) is 22.2. The number of fused-ring (bicyclic) bond motifs is 2. The highest BCUT2D eigenvalue weighted by molar-refractivity contribution is 5.99. The second kappa shape index (κ2) is 10.8. The van der Waals surface area contributed by atoms with Gasteiger partial charge in [-0.05, 0) is 33.1 Å². The molecule has 208 valence electrons. The SMILES string of the molecule is C[C@H](CO)N1C(=O)[C@@H]2[C@H]3C(=O)O[C@@H](C)CNC(=O)CC/C=C\CN(C4CCCCC4)C(=O)[C@@H]1[C@]21C=C[C@H]3O1. The number of allylic oxidation sites excluding steroid dienone is 1. The number of rotatable bonds is 3. The van der Waals surface area contributed by atoms with E-state index in [0.29, 0.717) is 19.4 Å². The van der Waals surface area contributed by atoms with Crippen LogP contribution in [0.5, 0.6) is 0 Å².